The van der Waals surface area contributed by atoms with E-state index in [0.717, 1.165) is 26.9 Å². The Balaban J connectivity index is 1.52. The first kappa shape index (κ1) is 20.4. The first-order valence-corrected chi connectivity index (χ1v) is 10.6. The summed E-state index contributed by atoms with van der Waals surface area (Å²) in [5.74, 6) is 2.82. The monoisotopic (exact) mass is 460 g/mol. The fourth-order valence-electron chi connectivity index (χ4n) is 2.53. The van der Waals surface area contributed by atoms with Gasteiger partial charge >= 0.3 is 0 Å². The number of anilines is 1. The molecule has 0 spiro atoms. The molecule has 2 aromatic carbocycles. The van der Waals surface area contributed by atoms with Crippen molar-refractivity contribution in [2.24, 2.45) is 7.05 Å². The number of amides is 1. The van der Waals surface area contributed by atoms with Gasteiger partial charge in [0.25, 0.3) is 0 Å². The highest BCUT2D eigenvalue weighted by molar-refractivity contribution is 9.10. The van der Waals surface area contributed by atoms with Crippen LogP contribution in [0.4, 0.5) is 5.69 Å². The van der Waals surface area contributed by atoms with Crippen molar-refractivity contribution in [3.8, 4) is 11.5 Å². The Kier molecular flexibility index (Phi) is 6.74. The molecule has 28 heavy (non-hydrogen) atoms. The predicted octanol–water partition coefficient (Wildman–Crippen LogP) is 5.22. The van der Waals surface area contributed by atoms with E-state index in [-0.39, 0.29) is 11.7 Å². The van der Waals surface area contributed by atoms with Gasteiger partial charge in [-0.15, -0.1) is 10.2 Å². The molecule has 0 saturated carbocycles. The van der Waals surface area contributed by atoms with E-state index < -0.39 is 0 Å². The van der Waals surface area contributed by atoms with Crippen molar-refractivity contribution in [1.82, 2.24) is 14.8 Å². The van der Waals surface area contributed by atoms with Crippen LogP contribution < -0.4 is 10.1 Å². The van der Waals surface area contributed by atoms with E-state index in [0.29, 0.717) is 11.7 Å². The van der Waals surface area contributed by atoms with Crippen molar-refractivity contribution in [1.29, 1.82) is 0 Å². The number of rotatable bonds is 7. The van der Waals surface area contributed by atoms with Gasteiger partial charge in [-0.1, -0.05) is 41.5 Å². The summed E-state index contributed by atoms with van der Waals surface area (Å²) in [6.07, 6.45) is 0. The summed E-state index contributed by atoms with van der Waals surface area (Å²) < 4.78 is 8.70. The number of halogens is 1. The molecule has 0 fully saturated rings. The van der Waals surface area contributed by atoms with Crippen molar-refractivity contribution in [3.05, 3.63) is 58.8 Å². The lowest BCUT2D eigenvalue weighted by molar-refractivity contribution is -0.113. The third-order valence-electron chi connectivity index (χ3n) is 3.90. The van der Waals surface area contributed by atoms with Gasteiger partial charge in [-0.2, -0.15) is 0 Å². The van der Waals surface area contributed by atoms with Crippen LogP contribution in [0.2, 0.25) is 0 Å². The largest absolute Gasteiger partial charge is 0.457 e. The van der Waals surface area contributed by atoms with Gasteiger partial charge in [0.1, 0.15) is 17.3 Å². The number of carbonyl (C=O) groups is 1. The molecule has 3 rings (SSSR count). The molecule has 8 heteroatoms. The standard InChI is InChI=1S/C20H21BrN4O2S/c1-13(2)19-23-24-20(25(19)3)28-12-18(26)22-15-6-10-17(11-7-15)27-16-8-4-14(21)5-9-16/h4-11,13H,12H2,1-3H3,(H,22,26). The van der Waals surface area contributed by atoms with Gasteiger partial charge in [-0.25, -0.2) is 0 Å². The van der Waals surface area contributed by atoms with Gasteiger partial charge in [0.15, 0.2) is 5.16 Å². The summed E-state index contributed by atoms with van der Waals surface area (Å²) in [4.78, 5) is 12.2. The van der Waals surface area contributed by atoms with Gasteiger partial charge in [0.2, 0.25) is 5.91 Å². The lowest BCUT2D eigenvalue weighted by Gasteiger charge is -2.08. The van der Waals surface area contributed by atoms with Crippen molar-refractivity contribution in [3.63, 3.8) is 0 Å². The van der Waals surface area contributed by atoms with E-state index in [1.165, 1.54) is 11.8 Å². The fourth-order valence-corrected chi connectivity index (χ4v) is 3.51. The molecular weight excluding hydrogens is 440 g/mol. The number of hydrogen-bond donors (Lipinski definition) is 1. The summed E-state index contributed by atoms with van der Waals surface area (Å²) in [6.45, 7) is 4.13. The third-order valence-corrected chi connectivity index (χ3v) is 5.45. The summed E-state index contributed by atoms with van der Waals surface area (Å²) in [5, 5.41) is 11.9. The highest BCUT2D eigenvalue weighted by Gasteiger charge is 2.13. The molecule has 3 aromatic rings. The zero-order valence-electron chi connectivity index (χ0n) is 15.8. The maximum atomic E-state index is 12.2. The molecule has 0 bridgehead atoms. The second-order valence-corrected chi connectivity index (χ2v) is 8.33. The van der Waals surface area contributed by atoms with Crippen LogP contribution in [0.15, 0.2) is 58.2 Å². The van der Waals surface area contributed by atoms with Crippen LogP contribution in [-0.4, -0.2) is 26.4 Å². The first-order chi connectivity index (χ1) is 13.4. The van der Waals surface area contributed by atoms with Crippen LogP contribution in [0.5, 0.6) is 11.5 Å². The second kappa shape index (κ2) is 9.25. The SMILES string of the molecule is CC(C)c1nnc(SCC(=O)Nc2ccc(Oc3ccc(Br)cc3)cc2)n1C. The van der Waals surface area contributed by atoms with E-state index in [1.807, 2.05) is 60.1 Å². The van der Waals surface area contributed by atoms with E-state index in [4.69, 9.17) is 4.74 Å². The molecule has 0 aliphatic rings. The molecule has 1 heterocycles. The van der Waals surface area contributed by atoms with Crippen LogP contribution in [-0.2, 0) is 11.8 Å². The molecule has 0 unspecified atom stereocenters. The minimum absolute atomic E-state index is 0.0966. The number of ether oxygens (including phenoxy) is 1. The average molecular weight is 461 g/mol. The molecule has 0 saturated heterocycles. The minimum atomic E-state index is -0.0966. The van der Waals surface area contributed by atoms with Crippen LogP contribution >= 0.6 is 27.7 Å². The maximum absolute atomic E-state index is 12.2. The van der Waals surface area contributed by atoms with E-state index in [1.54, 1.807) is 0 Å². The fraction of sp³-hybridized carbons (Fsp3) is 0.250. The Labute approximate surface area is 176 Å². The van der Waals surface area contributed by atoms with Gasteiger partial charge < -0.3 is 14.6 Å². The molecular formula is C20H21BrN4O2S. The van der Waals surface area contributed by atoms with Crippen LogP contribution in [0.1, 0.15) is 25.6 Å². The van der Waals surface area contributed by atoms with Crippen LogP contribution in [0.25, 0.3) is 0 Å². The summed E-state index contributed by atoms with van der Waals surface area (Å²) in [5.41, 5.74) is 0.717. The van der Waals surface area contributed by atoms with Gasteiger partial charge in [0, 0.05) is 23.1 Å². The highest BCUT2D eigenvalue weighted by Crippen LogP contribution is 2.25. The molecule has 1 aromatic heterocycles. The molecule has 1 amide bonds. The molecule has 146 valence electrons. The summed E-state index contributed by atoms with van der Waals surface area (Å²) >= 11 is 4.76. The van der Waals surface area contributed by atoms with Crippen molar-refractivity contribution >= 4 is 39.3 Å². The van der Waals surface area contributed by atoms with Gasteiger partial charge in [0.05, 0.1) is 5.75 Å². The Morgan fingerprint density at radius 1 is 1.11 bits per heavy atom. The second-order valence-electron chi connectivity index (χ2n) is 6.47. The predicted molar refractivity (Wildman–Crippen MR) is 115 cm³/mol. The first-order valence-electron chi connectivity index (χ1n) is 8.78. The van der Waals surface area contributed by atoms with E-state index >= 15 is 0 Å². The van der Waals surface area contributed by atoms with Gasteiger partial charge in [-0.05, 0) is 48.5 Å². The third kappa shape index (κ3) is 5.36. The van der Waals surface area contributed by atoms with E-state index in [9.17, 15) is 4.79 Å². The summed E-state index contributed by atoms with van der Waals surface area (Å²) in [6, 6.07) is 14.9. The Morgan fingerprint density at radius 2 is 1.71 bits per heavy atom. The minimum Gasteiger partial charge on any atom is -0.457 e. The molecule has 1 N–H and O–H groups in total. The molecule has 0 radical (unpaired) electrons. The number of thioether (sulfide) groups is 1. The van der Waals surface area contributed by atoms with Crippen LogP contribution in [0, 0.1) is 0 Å². The Bertz CT molecular complexity index is 940. The molecule has 0 aliphatic carbocycles. The molecule has 0 atom stereocenters. The number of benzene rings is 2. The maximum Gasteiger partial charge on any atom is 0.234 e. The number of carbonyl (C=O) groups excluding carboxylic acids is 1. The van der Waals surface area contributed by atoms with Crippen molar-refractivity contribution in [2.75, 3.05) is 11.1 Å². The van der Waals surface area contributed by atoms with Crippen molar-refractivity contribution in [2.45, 2.75) is 24.9 Å². The Hall–Kier alpha value is -2.32. The number of nitrogens with zero attached hydrogens (tertiary/aromatic N) is 3. The van der Waals surface area contributed by atoms with Crippen molar-refractivity contribution < 1.29 is 9.53 Å². The van der Waals surface area contributed by atoms with E-state index in [2.05, 4.69) is 45.3 Å². The van der Waals surface area contributed by atoms with Gasteiger partial charge in [-0.3, -0.25) is 4.79 Å². The topological polar surface area (TPSA) is 69.0 Å². The smallest absolute Gasteiger partial charge is 0.234 e. The Morgan fingerprint density at radius 3 is 2.29 bits per heavy atom. The average Bonchev–Trinajstić information content (AvgIpc) is 3.04. The lowest BCUT2D eigenvalue weighted by Crippen LogP contribution is -2.14. The number of nitrogens with one attached hydrogen (secondary N) is 1. The zero-order valence-corrected chi connectivity index (χ0v) is 18.3. The summed E-state index contributed by atoms with van der Waals surface area (Å²) in [7, 11) is 1.92. The quantitative estimate of drug-likeness (QED) is 0.489. The number of hydrogen-bond acceptors (Lipinski definition) is 5. The molecule has 0 aliphatic heterocycles. The normalized spacial score (nSPS) is 10.9. The zero-order chi connectivity index (χ0) is 20.1. The number of aromatic nitrogens is 3. The lowest BCUT2D eigenvalue weighted by atomic mass is 10.2. The highest BCUT2D eigenvalue weighted by atomic mass is 79.9. The van der Waals surface area contributed by atoms with Crippen LogP contribution in [0.3, 0.4) is 0 Å². The molecule has 6 nitrogen and oxygen atoms in total.